The molecule has 1 atom stereocenters. The van der Waals surface area contributed by atoms with Gasteiger partial charge in [0.2, 0.25) is 0 Å². The summed E-state index contributed by atoms with van der Waals surface area (Å²) in [6.45, 7) is 0. The van der Waals surface area contributed by atoms with E-state index in [2.05, 4.69) is 0 Å². The normalized spacial score (nSPS) is 12.5. The predicted octanol–water partition coefficient (Wildman–Crippen LogP) is 2.03. The average molecular weight is 191 g/mol. The van der Waals surface area contributed by atoms with Gasteiger partial charge in [0.15, 0.2) is 7.15 Å². The molecular weight excluding hydrogens is 183 g/mol. The average Bonchev–Trinajstić information content (AvgIpc) is 2.04. The van der Waals surface area contributed by atoms with Gasteiger partial charge in [-0.15, -0.1) is 0 Å². The number of para-hydroxylation sites is 1. The molecule has 0 bridgehead atoms. The summed E-state index contributed by atoms with van der Waals surface area (Å²) in [5.74, 6) is 0.589. The molecule has 1 aromatic rings. The van der Waals surface area contributed by atoms with E-state index in [1.54, 1.807) is 18.2 Å². The van der Waals surface area contributed by atoms with Crippen LogP contribution in [0.1, 0.15) is 0 Å². The molecule has 0 fully saturated rings. The van der Waals surface area contributed by atoms with Crippen LogP contribution < -0.4 is 10.0 Å². The quantitative estimate of drug-likeness (QED) is 0.667. The van der Waals surface area contributed by atoms with Gasteiger partial charge in [0, 0.05) is 0 Å². The molecular formula is C7H8ClO2P. The molecule has 1 unspecified atom stereocenters. The molecule has 4 heteroatoms. The van der Waals surface area contributed by atoms with Crippen LogP contribution in [0.2, 0.25) is 0 Å². The van der Waals surface area contributed by atoms with Crippen molar-refractivity contribution in [2.45, 2.75) is 0 Å². The molecule has 1 rings (SSSR count). The maximum atomic E-state index is 10.9. The van der Waals surface area contributed by atoms with Crippen molar-refractivity contribution in [3.63, 3.8) is 0 Å². The van der Waals surface area contributed by atoms with Crippen molar-refractivity contribution in [1.82, 2.24) is 0 Å². The second-order valence-corrected chi connectivity index (χ2v) is 4.09. The van der Waals surface area contributed by atoms with Crippen molar-refractivity contribution in [2.24, 2.45) is 0 Å². The largest absolute Gasteiger partial charge is 0.496 e. The van der Waals surface area contributed by atoms with Crippen LogP contribution in [0, 0.1) is 0 Å². The molecule has 0 spiro atoms. The third-order valence-corrected chi connectivity index (χ3v) is 2.77. The summed E-state index contributed by atoms with van der Waals surface area (Å²) >= 11 is 5.45. The van der Waals surface area contributed by atoms with Crippen LogP contribution in [0.25, 0.3) is 0 Å². The molecule has 0 aliphatic heterocycles. The van der Waals surface area contributed by atoms with Crippen LogP contribution in [-0.4, -0.2) is 7.11 Å². The second-order valence-electron chi connectivity index (χ2n) is 1.97. The summed E-state index contributed by atoms with van der Waals surface area (Å²) in [5, 5.41) is 0.585. The highest BCUT2D eigenvalue weighted by Crippen LogP contribution is 2.29. The van der Waals surface area contributed by atoms with Gasteiger partial charge in [-0.1, -0.05) is 23.4 Å². The summed E-state index contributed by atoms with van der Waals surface area (Å²) < 4.78 is 15.8. The van der Waals surface area contributed by atoms with Crippen LogP contribution in [-0.2, 0) is 4.57 Å². The van der Waals surface area contributed by atoms with Crippen LogP contribution in [0.15, 0.2) is 24.3 Å². The van der Waals surface area contributed by atoms with Crippen molar-refractivity contribution in [3.8, 4) is 5.75 Å². The van der Waals surface area contributed by atoms with E-state index >= 15 is 0 Å². The fourth-order valence-electron chi connectivity index (χ4n) is 0.807. The molecule has 0 radical (unpaired) electrons. The van der Waals surface area contributed by atoms with Gasteiger partial charge in [0.05, 0.1) is 12.4 Å². The molecule has 0 N–H and O–H groups in total. The van der Waals surface area contributed by atoms with E-state index < -0.39 is 7.15 Å². The van der Waals surface area contributed by atoms with Crippen molar-refractivity contribution in [1.29, 1.82) is 0 Å². The molecule has 0 aliphatic rings. The van der Waals surface area contributed by atoms with E-state index in [0.29, 0.717) is 11.1 Å². The lowest BCUT2D eigenvalue weighted by molar-refractivity contribution is 0.418. The van der Waals surface area contributed by atoms with Gasteiger partial charge in [-0.3, -0.25) is 0 Å². The summed E-state index contributed by atoms with van der Waals surface area (Å²) in [5.41, 5.74) is 0. The van der Waals surface area contributed by atoms with E-state index in [4.69, 9.17) is 16.0 Å². The lowest BCUT2D eigenvalue weighted by Crippen LogP contribution is -1.99. The highest BCUT2D eigenvalue weighted by Gasteiger charge is 2.04. The van der Waals surface area contributed by atoms with Gasteiger partial charge in [0.1, 0.15) is 5.75 Å². The van der Waals surface area contributed by atoms with Crippen LogP contribution >= 0.6 is 18.4 Å². The Morgan fingerprint density at radius 2 is 2.09 bits per heavy atom. The number of ether oxygens (including phenoxy) is 1. The van der Waals surface area contributed by atoms with E-state index in [1.165, 1.54) is 7.11 Å². The smallest absolute Gasteiger partial charge is 0.189 e. The molecule has 0 amide bonds. The standard InChI is InChI=1S/C7H8ClO2P/c1-10-6-4-2-3-5-7(6)11(8)9/h2-5,11H,1H3. The Morgan fingerprint density at radius 1 is 1.45 bits per heavy atom. The summed E-state index contributed by atoms with van der Waals surface area (Å²) in [6.07, 6.45) is 0. The molecule has 0 heterocycles. The van der Waals surface area contributed by atoms with Crippen molar-refractivity contribution >= 4 is 23.7 Å². The van der Waals surface area contributed by atoms with Gasteiger partial charge in [-0.2, -0.15) is 0 Å². The molecule has 0 saturated carbocycles. The first-order valence-corrected chi connectivity index (χ1v) is 5.50. The summed E-state index contributed by atoms with van der Waals surface area (Å²) in [4.78, 5) is 0. The van der Waals surface area contributed by atoms with E-state index in [0.717, 1.165) is 0 Å². The van der Waals surface area contributed by atoms with E-state index in [9.17, 15) is 4.57 Å². The minimum absolute atomic E-state index is 0.585. The number of hydrogen-bond donors (Lipinski definition) is 0. The lowest BCUT2D eigenvalue weighted by atomic mass is 10.3. The maximum Gasteiger partial charge on any atom is 0.189 e. The number of hydrogen-bond acceptors (Lipinski definition) is 2. The molecule has 1 aromatic carbocycles. The molecule has 11 heavy (non-hydrogen) atoms. The monoisotopic (exact) mass is 190 g/mol. The van der Waals surface area contributed by atoms with Crippen molar-refractivity contribution < 1.29 is 9.30 Å². The molecule has 2 nitrogen and oxygen atoms in total. The Labute approximate surface area is 70.7 Å². The third-order valence-electron chi connectivity index (χ3n) is 1.32. The molecule has 0 saturated heterocycles. The van der Waals surface area contributed by atoms with Gasteiger partial charge in [-0.05, 0) is 12.1 Å². The molecule has 60 valence electrons. The fraction of sp³-hybridized carbons (Fsp3) is 0.143. The van der Waals surface area contributed by atoms with Gasteiger partial charge < -0.3 is 9.30 Å². The minimum Gasteiger partial charge on any atom is -0.496 e. The third kappa shape index (κ3) is 1.98. The Balaban J connectivity index is 3.12. The topological polar surface area (TPSA) is 26.3 Å². The highest BCUT2D eigenvalue weighted by atomic mass is 35.7. The van der Waals surface area contributed by atoms with Crippen molar-refractivity contribution in [2.75, 3.05) is 7.11 Å². The van der Waals surface area contributed by atoms with Crippen LogP contribution in [0.5, 0.6) is 5.75 Å². The zero-order valence-corrected chi connectivity index (χ0v) is 7.76. The Hall–Kier alpha value is -0.460. The number of rotatable bonds is 2. The Morgan fingerprint density at radius 3 is 2.55 bits per heavy atom. The maximum absolute atomic E-state index is 10.9. The number of benzene rings is 1. The van der Waals surface area contributed by atoms with Gasteiger partial charge in [-0.25, -0.2) is 0 Å². The second kappa shape index (κ2) is 3.80. The summed E-state index contributed by atoms with van der Waals surface area (Å²) in [6, 6.07) is 7.03. The van der Waals surface area contributed by atoms with Gasteiger partial charge in [0.25, 0.3) is 0 Å². The minimum atomic E-state index is -2.16. The van der Waals surface area contributed by atoms with Crippen LogP contribution in [0.4, 0.5) is 0 Å². The Bertz CT molecular complexity index is 275. The number of halogens is 1. The fourth-order valence-corrected chi connectivity index (χ4v) is 1.88. The molecule has 0 aliphatic carbocycles. The van der Waals surface area contributed by atoms with Gasteiger partial charge >= 0.3 is 0 Å². The predicted molar refractivity (Wildman–Crippen MR) is 47.5 cm³/mol. The lowest BCUT2D eigenvalue weighted by Gasteiger charge is -2.02. The zero-order chi connectivity index (χ0) is 8.27. The Kier molecular flexibility index (Phi) is 2.98. The van der Waals surface area contributed by atoms with E-state index in [-0.39, 0.29) is 0 Å². The summed E-state index contributed by atoms with van der Waals surface area (Å²) in [7, 11) is -0.628. The SMILES string of the molecule is COc1ccccc1[PH](=O)Cl. The first-order chi connectivity index (χ1) is 5.25. The van der Waals surface area contributed by atoms with Crippen molar-refractivity contribution in [3.05, 3.63) is 24.3 Å². The zero-order valence-electron chi connectivity index (χ0n) is 6.00. The first kappa shape index (κ1) is 8.63. The first-order valence-electron chi connectivity index (χ1n) is 3.08. The number of methoxy groups -OCH3 is 1. The van der Waals surface area contributed by atoms with Crippen LogP contribution in [0.3, 0.4) is 0 Å². The highest BCUT2D eigenvalue weighted by molar-refractivity contribution is 7.80. The van der Waals surface area contributed by atoms with E-state index in [1.807, 2.05) is 6.07 Å². The molecule has 0 aromatic heterocycles.